The van der Waals surface area contributed by atoms with Crippen molar-refractivity contribution < 1.29 is 24.0 Å². The van der Waals surface area contributed by atoms with Crippen LogP contribution in [-0.2, 0) is 9.59 Å². The van der Waals surface area contributed by atoms with Crippen molar-refractivity contribution in [3.63, 3.8) is 0 Å². The van der Waals surface area contributed by atoms with Crippen molar-refractivity contribution in [1.82, 2.24) is 4.90 Å². The summed E-state index contributed by atoms with van der Waals surface area (Å²) in [5.41, 5.74) is -0.255. The second kappa shape index (κ2) is 8.23. The molecule has 3 rings (SSSR count). The summed E-state index contributed by atoms with van der Waals surface area (Å²) < 4.78 is 5.51. The van der Waals surface area contributed by atoms with Crippen molar-refractivity contribution in [1.29, 1.82) is 0 Å². The molecule has 0 aliphatic carbocycles. The zero-order valence-electron chi connectivity index (χ0n) is 14.2. The van der Waals surface area contributed by atoms with Gasteiger partial charge in [0.15, 0.2) is 0 Å². The molecule has 2 aromatic rings. The highest BCUT2D eigenvalue weighted by atomic mass is 32.2. The molecule has 0 unspecified atom stereocenters. The topological polar surface area (TPSA) is 126 Å². The Hall–Kier alpha value is -3.18. The first kappa shape index (κ1) is 19.6. The number of phenolic OH excluding ortho intramolecular Hbond substituents is 1. The lowest BCUT2D eigenvalue weighted by Gasteiger charge is -2.14. The van der Waals surface area contributed by atoms with Crippen molar-refractivity contribution in [3.05, 3.63) is 57.4 Å². The molecule has 1 aliphatic rings. The van der Waals surface area contributed by atoms with Crippen LogP contribution in [0.25, 0.3) is 6.08 Å². The minimum Gasteiger partial charge on any atom is -0.506 e. The summed E-state index contributed by atoms with van der Waals surface area (Å²) in [6, 6.07) is 6.74. The van der Waals surface area contributed by atoms with Crippen molar-refractivity contribution in [2.24, 2.45) is 0 Å². The number of carbonyl (C=O) groups is 2. The van der Waals surface area contributed by atoms with Crippen LogP contribution in [0.3, 0.4) is 0 Å². The number of carbonyl (C=O) groups excluding carboxylic acids is 2. The average molecular weight is 419 g/mol. The fourth-order valence-electron chi connectivity index (χ4n) is 2.36. The van der Waals surface area contributed by atoms with Crippen LogP contribution in [0.15, 0.2) is 45.9 Å². The number of phenols is 1. The Balaban J connectivity index is 1.59. The number of hydrogen-bond donors (Lipinski definition) is 2. The third kappa shape index (κ3) is 4.38. The maximum absolute atomic E-state index is 12.4. The van der Waals surface area contributed by atoms with Crippen LogP contribution in [0, 0.1) is 10.1 Å². The molecule has 1 fully saturated rings. The Morgan fingerprint density at radius 1 is 1.43 bits per heavy atom. The number of thioether (sulfide) groups is 1. The molecule has 0 saturated carbocycles. The molecule has 1 saturated heterocycles. The van der Waals surface area contributed by atoms with Gasteiger partial charge in [0.25, 0.3) is 11.6 Å². The van der Waals surface area contributed by atoms with E-state index in [1.165, 1.54) is 17.2 Å². The number of thiocarbonyl (C=S) groups is 1. The molecule has 1 aromatic heterocycles. The van der Waals surface area contributed by atoms with Crippen molar-refractivity contribution in [2.45, 2.75) is 6.42 Å². The molecule has 144 valence electrons. The number of amides is 2. The standard InChI is InChI=1S/C17H13N3O6S2/c21-13-8-10(20(24)25)3-4-12(13)18-15(22)5-6-19-16(23)14(28-17(19)27)9-11-2-1-7-26-11/h1-4,7-9,21H,5-6H2,(H,18,22)/b14-9+. The lowest BCUT2D eigenvalue weighted by Crippen LogP contribution is -2.31. The molecule has 2 N–H and O–H groups in total. The van der Waals surface area contributed by atoms with Crippen LogP contribution in [0.1, 0.15) is 12.2 Å². The van der Waals surface area contributed by atoms with Crippen LogP contribution in [0.2, 0.25) is 0 Å². The lowest BCUT2D eigenvalue weighted by atomic mass is 10.2. The highest BCUT2D eigenvalue weighted by molar-refractivity contribution is 8.26. The third-order valence-corrected chi connectivity index (χ3v) is 5.10. The number of nitrogens with one attached hydrogen (secondary N) is 1. The number of nitrogens with zero attached hydrogens (tertiary/aromatic N) is 2. The SMILES string of the molecule is O=C(CCN1C(=O)/C(=C\c2ccco2)SC1=S)Nc1ccc([N+](=O)[O-])cc1O. The summed E-state index contributed by atoms with van der Waals surface area (Å²) >= 11 is 6.31. The monoisotopic (exact) mass is 419 g/mol. The van der Waals surface area contributed by atoms with Gasteiger partial charge in [-0.3, -0.25) is 24.6 Å². The van der Waals surface area contributed by atoms with Crippen LogP contribution >= 0.6 is 24.0 Å². The predicted octanol–water partition coefficient (Wildman–Crippen LogP) is 3.12. The number of nitro groups is 1. The smallest absolute Gasteiger partial charge is 0.273 e. The van der Waals surface area contributed by atoms with Gasteiger partial charge in [0.1, 0.15) is 15.8 Å². The number of nitro benzene ring substituents is 1. The van der Waals surface area contributed by atoms with E-state index in [9.17, 15) is 24.8 Å². The maximum atomic E-state index is 12.4. The van der Waals surface area contributed by atoms with E-state index in [1.807, 2.05) is 0 Å². The Morgan fingerprint density at radius 2 is 2.21 bits per heavy atom. The normalized spacial score (nSPS) is 15.3. The molecule has 2 heterocycles. The van der Waals surface area contributed by atoms with Gasteiger partial charge in [-0.1, -0.05) is 24.0 Å². The second-order valence-corrected chi connectivity index (χ2v) is 7.28. The Labute approximate surface area is 168 Å². The molecule has 11 heteroatoms. The molecule has 0 atom stereocenters. The first-order valence-corrected chi connectivity index (χ1v) is 9.14. The van der Waals surface area contributed by atoms with Gasteiger partial charge in [0.2, 0.25) is 5.91 Å². The number of aromatic hydroxyl groups is 1. The molecule has 2 amide bonds. The molecule has 9 nitrogen and oxygen atoms in total. The van der Waals surface area contributed by atoms with Gasteiger partial charge in [0, 0.05) is 25.1 Å². The Morgan fingerprint density at radius 3 is 2.86 bits per heavy atom. The summed E-state index contributed by atoms with van der Waals surface area (Å²) in [7, 11) is 0. The lowest BCUT2D eigenvalue weighted by molar-refractivity contribution is -0.384. The Kier molecular flexibility index (Phi) is 5.76. The number of rotatable bonds is 6. The van der Waals surface area contributed by atoms with E-state index in [-0.39, 0.29) is 30.2 Å². The highest BCUT2D eigenvalue weighted by Gasteiger charge is 2.32. The van der Waals surface area contributed by atoms with E-state index < -0.39 is 16.6 Å². The zero-order valence-corrected chi connectivity index (χ0v) is 15.8. The first-order valence-electron chi connectivity index (χ1n) is 7.91. The predicted molar refractivity (Wildman–Crippen MR) is 107 cm³/mol. The largest absolute Gasteiger partial charge is 0.506 e. The molecule has 1 aliphatic heterocycles. The summed E-state index contributed by atoms with van der Waals surface area (Å²) in [5, 5.41) is 22.9. The number of benzene rings is 1. The fraction of sp³-hybridized carbons (Fsp3) is 0.118. The quantitative estimate of drug-likeness (QED) is 0.240. The van der Waals surface area contributed by atoms with E-state index in [0.717, 1.165) is 23.9 Å². The molecular formula is C17H13N3O6S2. The van der Waals surface area contributed by atoms with E-state index in [2.05, 4.69) is 5.32 Å². The van der Waals surface area contributed by atoms with Gasteiger partial charge in [-0.2, -0.15) is 0 Å². The molecular weight excluding hydrogens is 406 g/mol. The average Bonchev–Trinajstić information content (AvgIpc) is 3.24. The van der Waals surface area contributed by atoms with Crippen LogP contribution in [-0.4, -0.2) is 37.6 Å². The second-order valence-electron chi connectivity index (χ2n) is 5.61. The minimum absolute atomic E-state index is 0.0405. The fourth-order valence-corrected chi connectivity index (χ4v) is 3.65. The number of hydrogen-bond acceptors (Lipinski definition) is 8. The van der Waals surface area contributed by atoms with E-state index in [1.54, 1.807) is 18.2 Å². The number of non-ortho nitro benzene ring substituents is 1. The van der Waals surface area contributed by atoms with Crippen LogP contribution in [0.5, 0.6) is 5.75 Å². The van der Waals surface area contributed by atoms with E-state index in [4.69, 9.17) is 16.6 Å². The highest BCUT2D eigenvalue weighted by Crippen LogP contribution is 2.33. The molecule has 1 aromatic carbocycles. The number of furan rings is 1. The summed E-state index contributed by atoms with van der Waals surface area (Å²) in [6.45, 7) is 0.0553. The maximum Gasteiger partial charge on any atom is 0.273 e. The molecule has 28 heavy (non-hydrogen) atoms. The van der Waals surface area contributed by atoms with Crippen molar-refractivity contribution in [2.75, 3.05) is 11.9 Å². The zero-order chi connectivity index (χ0) is 20.3. The van der Waals surface area contributed by atoms with Gasteiger partial charge in [0.05, 0.1) is 27.8 Å². The molecule has 0 radical (unpaired) electrons. The Bertz CT molecular complexity index is 987. The third-order valence-electron chi connectivity index (χ3n) is 3.72. The molecule has 0 bridgehead atoms. The number of anilines is 1. The van der Waals surface area contributed by atoms with Gasteiger partial charge >= 0.3 is 0 Å². The summed E-state index contributed by atoms with van der Waals surface area (Å²) in [5.74, 6) is -0.702. The molecule has 0 spiro atoms. The van der Waals surface area contributed by atoms with Crippen LogP contribution in [0.4, 0.5) is 11.4 Å². The first-order chi connectivity index (χ1) is 13.3. The van der Waals surface area contributed by atoms with E-state index >= 15 is 0 Å². The summed E-state index contributed by atoms with van der Waals surface area (Å²) in [4.78, 5) is 36.3. The van der Waals surface area contributed by atoms with Gasteiger partial charge < -0.3 is 14.8 Å². The van der Waals surface area contributed by atoms with E-state index in [0.29, 0.717) is 15.0 Å². The van der Waals surface area contributed by atoms with Gasteiger partial charge in [-0.15, -0.1) is 0 Å². The van der Waals surface area contributed by atoms with Crippen molar-refractivity contribution >= 4 is 57.6 Å². The van der Waals surface area contributed by atoms with Crippen molar-refractivity contribution in [3.8, 4) is 5.75 Å². The van der Waals surface area contributed by atoms with Gasteiger partial charge in [-0.05, 0) is 18.2 Å². The minimum atomic E-state index is -0.656. The van der Waals surface area contributed by atoms with Gasteiger partial charge in [-0.25, -0.2) is 0 Å². The van der Waals surface area contributed by atoms with Crippen LogP contribution < -0.4 is 5.32 Å². The summed E-state index contributed by atoms with van der Waals surface area (Å²) in [6.07, 6.45) is 3.00.